The highest BCUT2D eigenvalue weighted by Gasteiger charge is 2.07. The molecule has 0 saturated carbocycles. The molecule has 132 valence electrons. The lowest BCUT2D eigenvalue weighted by atomic mass is 10.2. The van der Waals surface area contributed by atoms with Gasteiger partial charge in [0, 0.05) is 17.3 Å². The summed E-state index contributed by atoms with van der Waals surface area (Å²) in [7, 11) is -3.75. The van der Waals surface area contributed by atoms with Crippen molar-refractivity contribution in [3.8, 4) is 5.75 Å². The van der Waals surface area contributed by atoms with Crippen molar-refractivity contribution < 1.29 is 17.9 Å². The van der Waals surface area contributed by atoms with Gasteiger partial charge in [-0.15, -0.1) is 0 Å². The molecule has 0 aliphatic rings. The van der Waals surface area contributed by atoms with Crippen LogP contribution in [0.5, 0.6) is 5.75 Å². The largest absolute Gasteiger partial charge is 0.493 e. The molecule has 0 bridgehead atoms. The fourth-order valence-corrected chi connectivity index (χ4v) is 2.55. The second kappa shape index (κ2) is 8.46. The van der Waals surface area contributed by atoms with Gasteiger partial charge >= 0.3 is 0 Å². The van der Waals surface area contributed by atoms with Crippen molar-refractivity contribution in [3.05, 3.63) is 60.2 Å². The number of primary sulfonamides is 1. The van der Waals surface area contributed by atoms with Gasteiger partial charge in [0.25, 0.3) is 0 Å². The Bertz CT molecular complexity index is 859. The third kappa shape index (κ3) is 5.74. The van der Waals surface area contributed by atoms with Crippen molar-refractivity contribution in [1.82, 2.24) is 0 Å². The number of amides is 1. The van der Waals surface area contributed by atoms with Gasteiger partial charge in [-0.3, -0.25) is 4.79 Å². The van der Waals surface area contributed by atoms with Crippen LogP contribution in [0.1, 0.15) is 18.9 Å². The molecule has 0 saturated heterocycles. The van der Waals surface area contributed by atoms with Crippen molar-refractivity contribution in [3.63, 3.8) is 0 Å². The van der Waals surface area contributed by atoms with Gasteiger partial charge in [-0.25, -0.2) is 13.6 Å². The summed E-state index contributed by atoms with van der Waals surface area (Å²) in [4.78, 5) is 12.0. The van der Waals surface area contributed by atoms with E-state index in [1.807, 2.05) is 31.2 Å². The third-order valence-electron chi connectivity index (χ3n) is 3.25. The minimum atomic E-state index is -3.75. The number of carbonyl (C=O) groups excluding carboxylic acids is 1. The number of rotatable bonds is 7. The van der Waals surface area contributed by atoms with Crippen molar-refractivity contribution in [2.45, 2.75) is 18.2 Å². The molecule has 0 heterocycles. The van der Waals surface area contributed by atoms with Crippen LogP contribution in [0.25, 0.3) is 6.08 Å². The number of nitrogens with two attached hydrogens (primary N) is 1. The van der Waals surface area contributed by atoms with Gasteiger partial charge in [0.2, 0.25) is 15.9 Å². The zero-order valence-corrected chi connectivity index (χ0v) is 14.6. The normalized spacial score (nSPS) is 11.4. The van der Waals surface area contributed by atoms with Crippen molar-refractivity contribution in [2.24, 2.45) is 5.14 Å². The molecule has 0 aliphatic carbocycles. The minimum Gasteiger partial charge on any atom is -0.493 e. The Hall–Kier alpha value is -2.64. The van der Waals surface area contributed by atoms with Gasteiger partial charge in [-0.2, -0.15) is 0 Å². The lowest BCUT2D eigenvalue weighted by Gasteiger charge is -2.07. The molecule has 2 aromatic rings. The zero-order chi connectivity index (χ0) is 18.3. The Morgan fingerprint density at radius 3 is 2.48 bits per heavy atom. The topological polar surface area (TPSA) is 98.5 Å². The third-order valence-corrected chi connectivity index (χ3v) is 4.17. The Morgan fingerprint density at radius 1 is 1.16 bits per heavy atom. The van der Waals surface area contributed by atoms with E-state index in [9.17, 15) is 13.2 Å². The van der Waals surface area contributed by atoms with Crippen LogP contribution in [0.2, 0.25) is 0 Å². The first kappa shape index (κ1) is 18.7. The monoisotopic (exact) mass is 360 g/mol. The molecule has 0 aromatic heterocycles. The van der Waals surface area contributed by atoms with E-state index in [4.69, 9.17) is 9.88 Å². The number of hydrogen-bond acceptors (Lipinski definition) is 4. The van der Waals surface area contributed by atoms with Crippen LogP contribution < -0.4 is 15.2 Å². The van der Waals surface area contributed by atoms with E-state index >= 15 is 0 Å². The maximum atomic E-state index is 12.0. The smallest absolute Gasteiger partial charge is 0.248 e. The summed E-state index contributed by atoms with van der Waals surface area (Å²) >= 11 is 0. The van der Waals surface area contributed by atoms with E-state index in [2.05, 4.69) is 5.32 Å². The number of nitrogens with one attached hydrogen (secondary N) is 1. The van der Waals surface area contributed by atoms with Crippen LogP contribution in [0.4, 0.5) is 5.69 Å². The van der Waals surface area contributed by atoms with E-state index in [1.165, 1.54) is 30.3 Å². The van der Waals surface area contributed by atoms with Gasteiger partial charge < -0.3 is 10.1 Å². The molecule has 6 nitrogen and oxygen atoms in total. The summed E-state index contributed by atoms with van der Waals surface area (Å²) in [6.45, 7) is 2.63. The van der Waals surface area contributed by atoms with Crippen molar-refractivity contribution >= 4 is 27.7 Å². The summed E-state index contributed by atoms with van der Waals surface area (Å²) in [5, 5.41) is 7.68. The molecule has 0 atom stereocenters. The predicted octanol–water partition coefficient (Wildman–Crippen LogP) is 2.77. The number of carbonyl (C=O) groups is 1. The molecule has 0 fully saturated rings. The molecular formula is C18H20N2O4S. The average molecular weight is 360 g/mol. The first-order chi connectivity index (χ1) is 11.9. The molecule has 1 amide bonds. The number of hydrogen-bond donors (Lipinski definition) is 2. The highest BCUT2D eigenvalue weighted by molar-refractivity contribution is 7.89. The second-order valence-corrected chi connectivity index (χ2v) is 6.84. The van der Waals surface area contributed by atoms with Gasteiger partial charge in [0.1, 0.15) is 5.75 Å². The molecule has 0 aliphatic heterocycles. The van der Waals surface area contributed by atoms with Crippen LogP contribution in [-0.2, 0) is 14.8 Å². The molecule has 2 rings (SSSR count). The van der Waals surface area contributed by atoms with Crippen LogP contribution in [0.3, 0.4) is 0 Å². The highest BCUT2D eigenvalue weighted by atomic mass is 32.2. The van der Waals surface area contributed by atoms with E-state index in [-0.39, 0.29) is 10.8 Å². The fraction of sp³-hybridized carbons (Fsp3) is 0.167. The summed E-state index contributed by atoms with van der Waals surface area (Å²) in [6.07, 6.45) is 3.95. The Morgan fingerprint density at radius 2 is 1.84 bits per heavy atom. The standard InChI is InChI=1S/C18H20N2O4S/c1-2-13-24-17-6-4-3-5-14(17)7-12-18(21)20-15-8-10-16(11-9-15)25(19,22)23/h3-12H,2,13H2,1H3,(H,20,21)(H2,19,22,23). The Kier molecular flexibility index (Phi) is 6.32. The van der Waals surface area contributed by atoms with E-state index in [0.717, 1.165) is 12.0 Å². The number of anilines is 1. The van der Waals surface area contributed by atoms with E-state index < -0.39 is 10.0 Å². The molecule has 0 spiro atoms. The lowest BCUT2D eigenvalue weighted by Crippen LogP contribution is -2.12. The Labute approximate surface area is 147 Å². The van der Waals surface area contributed by atoms with Crippen LogP contribution in [-0.4, -0.2) is 20.9 Å². The number of ether oxygens (including phenoxy) is 1. The molecule has 25 heavy (non-hydrogen) atoms. The van der Waals surface area contributed by atoms with Crippen LogP contribution in [0.15, 0.2) is 59.5 Å². The highest BCUT2D eigenvalue weighted by Crippen LogP contribution is 2.20. The molecule has 7 heteroatoms. The SMILES string of the molecule is CCCOc1ccccc1C=CC(=O)Nc1ccc(S(N)(=O)=O)cc1. The van der Waals surface area contributed by atoms with Gasteiger partial charge in [-0.1, -0.05) is 25.1 Å². The van der Waals surface area contributed by atoms with Gasteiger partial charge in [0.15, 0.2) is 0 Å². The second-order valence-electron chi connectivity index (χ2n) is 5.28. The number of para-hydroxylation sites is 1. The lowest BCUT2D eigenvalue weighted by molar-refractivity contribution is -0.111. The predicted molar refractivity (Wildman–Crippen MR) is 97.7 cm³/mol. The molecular weight excluding hydrogens is 340 g/mol. The number of benzene rings is 2. The summed E-state index contributed by atoms with van der Waals surface area (Å²) in [5.74, 6) is 0.375. The summed E-state index contributed by atoms with van der Waals surface area (Å²) < 4.78 is 28.0. The average Bonchev–Trinajstić information content (AvgIpc) is 2.58. The van der Waals surface area contributed by atoms with E-state index in [1.54, 1.807) is 6.08 Å². The molecule has 0 unspecified atom stereocenters. The first-order valence-corrected chi connectivity index (χ1v) is 9.28. The van der Waals surface area contributed by atoms with E-state index in [0.29, 0.717) is 18.0 Å². The zero-order valence-electron chi connectivity index (χ0n) is 13.8. The minimum absolute atomic E-state index is 0.0111. The molecule has 2 aromatic carbocycles. The maximum Gasteiger partial charge on any atom is 0.248 e. The van der Waals surface area contributed by atoms with Crippen molar-refractivity contribution in [1.29, 1.82) is 0 Å². The molecule has 0 radical (unpaired) electrons. The van der Waals surface area contributed by atoms with Crippen molar-refractivity contribution in [2.75, 3.05) is 11.9 Å². The fourth-order valence-electron chi connectivity index (χ4n) is 2.04. The first-order valence-electron chi connectivity index (χ1n) is 7.74. The summed E-state index contributed by atoms with van der Waals surface area (Å²) in [5.41, 5.74) is 1.27. The molecule has 3 N–H and O–H groups in total. The maximum absolute atomic E-state index is 12.0. The number of sulfonamides is 1. The van der Waals surface area contributed by atoms with Gasteiger partial charge in [-0.05, 0) is 42.8 Å². The Balaban J connectivity index is 2.04. The quantitative estimate of drug-likeness (QED) is 0.742. The van der Waals surface area contributed by atoms with Gasteiger partial charge in [0.05, 0.1) is 11.5 Å². The summed E-state index contributed by atoms with van der Waals surface area (Å²) in [6, 6.07) is 13.1. The van der Waals surface area contributed by atoms with Crippen LogP contribution in [0, 0.1) is 0 Å². The van der Waals surface area contributed by atoms with Crippen LogP contribution >= 0.6 is 0 Å².